The smallest absolute Gasteiger partial charge is 0.269 e. The molecule has 0 radical (unpaired) electrons. The van der Waals surface area contributed by atoms with Gasteiger partial charge in [-0.2, -0.15) is 0 Å². The van der Waals surface area contributed by atoms with Crippen molar-refractivity contribution in [2.45, 2.75) is 0 Å². The molecule has 0 spiro atoms. The molecule has 1 aromatic heterocycles. The summed E-state index contributed by atoms with van der Waals surface area (Å²) in [7, 11) is 0. The fourth-order valence-corrected chi connectivity index (χ4v) is 2.65. The first kappa shape index (κ1) is 15.6. The van der Waals surface area contributed by atoms with Gasteiger partial charge in [0.25, 0.3) is 11.6 Å². The number of amides is 1. The maximum Gasteiger partial charge on any atom is 0.269 e. The van der Waals surface area contributed by atoms with E-state index in [9.17, 15) is 14.9 Å². The van der Waals surface area contributed by atoms with Crippen LogP contribution < -0.4 is 11.1 Å². The summed E-state index contributed by atoms with van der Waals surface area (Å²) in [4.78, 5) is 26.4. The molecule has 0 unspecified atom stereocenters. The van der Waals surface area contributed by atoms with Gasteiger partial charge in [-0.1, -0.05) is 12.1 Å². The minimum atomic E-state index is -0.508. The molecule has 0 bridgehead atoms. The van der Waals surface area contributed by atoms with Crippen LogP contribution in [0.1, 0.15) is 10.4 Å². The zero-order valence-corrected chi connectivity index (χ0v) is 13.1. The summed E-state index contributed by atoms with van der Waals surface area (Å²) in [5.74, 6) is -0.337. The molecule has 1 amide bonds. The molecule has 3 rings (SSSR count). The Kier molecular flexibility index (Phi) is 4.21. The van der Waals surface area contributed by atoms with Crippen LogP contribution in [0.3, 0.4) is 0 Å². The number of nitrogens with one attached hydrogen (secondary N) is 1. The number of anilines is 2. The first-order valence-electron chi connectivity index (χ1n) is 6.90. The summed E-state index contributed by atoms with van der Waals surface area (Å²) in [5.41, 5.74) is 8.20. The Morgan fingerprint density at radius 3 is 2.33 bits per heavy atom. The first-order chi connectivity index (χ1) is 11.5. The number of hydrogen-bond acceptors (Lipinski definition) is 6. The minimum Gasteiger partial charge on any atom is -0.375 e. The van der Waals surface area contributed by atoms with Gasteiger partial charge in [-0.15, -0.1) is 11.3 Å². The molecule has 1 heterocycles. The molecule has 7 nitrogen and oxygen atoms in total. The van der Waals surface area contributed by atoms with Crippen molar-refractivity contribution in [1.82, 2.24) is 4.98 Å². The number of nitrogens with zero attached hydrogens (tertiary/aromatic N) is 2. The fraction of sp³-hybridized carbons (Fsp3) is 0. The number of rotatable bonds is 4. The molecule has 0 aliphatic rings. The van der Waals surface area contributed by atoms with E-state index in [1.165, 1.54) is 35.6 Å². The van der Waals surface area contributed by atoms with Gasteiger partial charge >= 0.3 is 0 Å². The maximum absolute atomic E-state index is 12.1. The van der Waals surface area contributed by atoms with Crippen LogP contribution in [-0.4, -0.2) is 15.8 Å². The van der Waals surface area contributed by atoms with Crippen molar-refractivity contribution < 1.29 is 9.72 Å². The van der Waals surface area contributed by atoms with E-state index < -0.39 is 4.92 Å². The molecular weight excluding hydrogens is 328 g/mol. The van der Waals surface area contributed by atoms with Gasteiger partial charge in [0.1, 0.15) is 0 Å². The third-order valence-corrected chi connectivity index (χ3v) is 3.97. The maximum atomic E-state index is 12.1. The van der Waals surface area contributed by atoms with Crippen molar-refractivity contribution in [3.05, 3.63) is 69.6 Å². The highest BCUT2D eigenvalue weighted by molar-refractivity contribution is 7.13. The average molecular weight is 340 g/mol. The Bertz CT molecular complexity index is 888. The van der Waals surface area contributed by atoms with Crippen LogP contribution in [0.5, 0.6) is 0 Å². The van der Waals surface area contributed by atoms with Gasteiger partial charge < -0.3 is 11.1 Å². The first-order valence-corrected chi connectivity index (χ1v) is 7.78. The quantitative estimate of drug-likeness (QED) is 0.557. The predicted octanol–water partition coefficient (Wildman–Crippen LogP) is 3.55. The second-order valence-corrected chi connectivity index (χ2v) is 5.80. The Hall–Kier alpha value is -3.26. The summed E-state index contributed by atoms with van der Waals surface area (Å²) in [5, 5.41) is 15.7. The van der Waals surface area contributed by atoms with Crippen LogP contribution in [0.15, 0.2) is 53.9 Å². The number of carbonyl (C=O) groups excluding carboxylic acids is 1. The van der Waals surface area contributed by atoms with Crippen LogP contribution in [0.25, 0.3) is 11.3 Å². The molecule has 24 heavy (non-hydrogen) atoms. The molecule has 2 aromatic carbocycles. The molecule has 0 saturated carbocycles. The van der Waals surface area contributed by atoms with Crippen molar-refractivity contribution in [2.24, 2.45) is 0 Å². The van der Waals surface area contributed by atoms with Crippen LogP contribution in [0.4, 0.5) is 16.5 Å². The van der Waals surface area contributed by atoms with Crippen LogP contribution in [0.2, 0.25) is 0 Å². The molecule has 0 aliphatic heterocycles. The summed E-state index contributed by atoms with van der Waals surface area (Å²) in [6.45, 7) is 0. The molecule has 3 N–H and O–H groups in total. The summed E-state index contributed by atoms with van der Waals surface area (Å²) >= 11 is 1.36. The van der Waals surface area contributed by atoms with E-state index in [-0.39, 0.29) is 11.6 Å². The van der Waals surface area contributed by atoms with Gasteiger partial charge in [-0.3, -0.25) is 14.9 Å². The van der Waals surface area contributed by atoms with E-state index in [0.29, 0.717) is 16.4 Å². The Morgan fingerprint density at radius 1 is 1.12 bits per heavy atom. The third kappa shape index (κ3) is 3.39. The zero-order valence-electron chi connectivity index (χ0n) is 12.3. The largest absolute Gasteiger partial charge is 0.375 e. The van der Waals surface area contributed by atoms with Crippen molar-refractivity contribution in [2.75, 3.05) is 11.1 Å². The van der Waals surface area contributed by atoms with Crippen molar-refractivity contribution in [1.29, 1.82) is 0 Å². The number of benzene rings is 2. The second kappa shape index (κ2) is 6.47. The van der Waals surface area contributed by atoms with Crippen molar-refractivity contribution in [3.8, 4) is 11.3 Å². The fourth-order valence-electron chi connectivity index (χ4n) is 2.08. The standard InChI is InChI=1S/C16H12N4O3S/c17-16-19-14(9-24-16)10-1-5-12(6-2-10)18-15(21)11-3-7-13(8-4-11)20(22)23/h1-9H,(H2,17,19)(H,18,21). The van der Waals surface area contributed by atoms with Crippen LogP contribution >= 0.6 is 11.3 Å². The van der Waals surface area contributed by atoms with E-state index >= 15 is 0 Å². The number of carbonyl (C=O) groups is 1. The monoisotopic (exact) mass is 340 g/mol. The number of hydrogen-bond donors (Lipinski definition) is 2. The van der Waals surface area contributed by atoms with Gasteiger partial charge in [-0.05, 0) is 24.3 Å². The van der Waals surface area contributed by atoms with E-state index in [0.717, 1.165) is 11.3 Å². The lowest BCUT2D eigenvalue weighted by Gasteiger charge is -2.06. The van der Waals surface area contributed by atoms with Crippen LogP contribution in [0, 0.1) is 10.1 Å². The predicted molar refractivity (Wildman–Crippen MR) is 93.0 cm³/mol. The highest BCUT2D eigenvalue weighted by Gasteiger charge is 2.10. The molecule has 0 saturated heterocycles. The molecule has 0 atom stereocenters. The average Bonchev–Trinajstić information content (AvgIpc) is 3.02. The number of nitro benzene ring substituents is 1. The Labute approximate surface area is 140 Å². The van der Waals surface area contributed by atoms with Crippen molar-refractivity contribution in [3.63, 3.8) is 0 Å². The number of thiazole rings is 1. The highest BCUT2D eigenvalue weighted by Crippen LogP contribution is 2.24. The summed E-state index contributed by atoms with van der Waals surface area (Å²) in [6.07, 6.45) is 0. The topological polar surface area (TPSA) is 111 Å². The molecule has 0 aliphatic carbocycles. The van der Waals surface area contributed by atoms with E-state index in [4.69, 9.17) is 5.73 Å². The number of aromatic nitrogens is 1. The number of nitro groups is 1. The van der Waals surface area contributed by atoms with Gasteiger partial charge in [0, 0.05) is 34.3 Å². The minimum absolute atomic E-state index is 0.0570. The van der Waals surface area contributed by atoms with Gasteiger partial charge in [-0.25, -0.2) is 4.98 Å². The second-order valence-electron chi connectivity index (χ2n) is 4.91. The lowest BCUT2D eigenvalue weighted by Crippen LogP contribution is -2.11. The molecule has 120 valence electrons. The van der Waals surface area contributed by atoms with E-state index in [2.05, 4.69) is 10.3 Å². The lowest BCUT2D eigenvalue weighted by atomic mass is 10.1. The lowest BCUT2D eigenvalue weighted by molar-refractivity contribution is -0.384. The van der Waals surface area contributed by atoms with Gasteiger partial charge in [0.15, 0.2) is 5.13 Å². The summed E-state index contributed by atoms with van der Waals surface area (Å²) < 4.78 is 0. The molecule has 8 heteroatoms. The van der Waals surface area contributed by atoms with Gasteiger partial charge in [0.2, 0.25) is 0 Å². The number of nitrogens with two attached hydrogens (primary N) is 1. The SMILES string of the molecule is Nc1nc(-c2ccc(NC(=O)c3ccc([N+](=O)[O-])cc3)cc2)cs1. The Balaban J connectivity index is 1.71. The van der Waals surface area contributed by atoms with Gasteiger partial charge in [0.05, 0.1) is 10.6 Å². The molecule has 0 fully saturated rings. The summed E-state index contributed by atoms with van der Waals surface area (Å²) in [6, 6.07) is 12.6. The van der Waals surface area contributed by atoms with Crippen LogP contribution in [-0.2, 0) is 0 Å². The normalized spacial score (nSPS) is 10.3. The molecule has 3 aromatic rings. The zero-order chi connectivity index (χ0) is 17.1. The highest BCUT2D eigenvalue weighted by atomic mass is 32.1. The van der Waals surface area contributed by atoms with E-state index in [1.807, 2.05) is 17.5 Å². The van der Waals surface area contributed by atoms with Crippen molar-refractivity contribution >= 4 is 33.8 Å². The van der Waals surface area contributed by atoms with E-state index in [1.54, 1.807) is 12.1 Å². The third-order valence-electron chi connectivity index (χ3n) is 3.30. The number of non-ortho nitro benzene ring substituents is 1. The molecular formula is C16H12N4O3S. The number of nitrogen functional groups attached to an aromatic ring is 1. The Morgan fingerprint density at radius 2 is 1.79 bits per heavy atom.